The summed E-state index contributed by atoms with van der Waals surface area (Å²) >= 11 is 2.21. The van der Waals surface area contributed by atoms with Gasteiger partial charge in [0.1, 0.15) is 11.9 Å². The third-order valence-corrected chi connectivity index (χ3v) is 5.68. The summed E-state index contributed by atoms with van der Waals surface area (Å²) in [6, 6.07) is 8.50. The lowest BCUT2D eigenvalue weighted by Gasteiger charge is -2.05. The molecule has 1 aliphatic heterocycles. The van der Waals surface area contributed by atoms with E-state index in [-0.39, 0.29) is 6.10 Å². The van der Waals surface area contributed by atoms with Crippen molar-refractivity contribution in [3.05, 3.63) is 41.0 Å². The predicted molar refractivity (Wildman–Crippen MR) is 74.7 cm³/mol. The number of ether oxygens (including phenoxy) is 1. The topological polar surface area (TPSA) is 43.4 Å². The minimum absolute atomic E-state index is 0.0101. The van der Waals surface area contributed by atoms with Gasteiger partial charge >= 0.3 is 0 Å². The van der Waals surface area contributed by atoms with Gasteiger partial charge in [-0.15, -0.1) is 0 Å². The first kappa shape index (κ1) is 12.9. The van der Waals surface area contributed by atoms with E-state index in [9.17, 15) is 8.42 Å². The smallest absolute Gasteiger partial charge is 0.206 e. The van der Waals surface area contributed by atoms with E-state index < -0.39 is 9.84 Å². The molecule has 0 saturated carbocycles. The zero-order valence-corrected chi connectivity index (χ0v) is 12.4. The SMILES string of the molecule is CC1=C(S(=O)(=O)c2ccccc2)CC(CI)O1. The van der Waals surface area contributed by atoms with Crippen molar-refractivity contribution in [3.8, 4) is 0 Å². The van der Waals surface area contributed by atoms with Crippen LogP contribution in [-0.4, -0.2) is 18.9 Å². The summed E-state index contributed by atoms with van der Waals surface area (Å²) in [7, 11) is -3.38. The molecule has 0 saturated heterocycles. The molecule has 0 N–H and O–H groups in total. The fraction of sp³-hybridized carbons (Fsp3) is 0.333. The third-order valence-electron chi connectivity index (χ3n) is 2.70. The van der Waals surface area contributed by atoms with Crippen molar-refractivity contribution in [2.45, 2.75) is 24.3 Å². The van der Waals surface area contributed by atoms with Crippen LogP contribution in [-0.2, 0) is 14.6 Å². The molecule has 1 atom stereocenters. The fourth-order valence-corrected chi connectivity index (χ4v) is 3.96. The van der Waals surface area contributed by atoms with Crippen LogP contribution < -0.4 is 0 Å². The van der Waals surface area contributed by atoms with Crippen molar-refractivity contribution in [3.63, 3.8) is 0 Å². The molecule has 0 spiro atoms. The zero-order chi connectivity index (χ0) is 12.5. The molecule has 17 heavy (non-hydrogen) atoms. The lowest BCUT2D eigenvalue weighted by Crippen LogP contribution is -2.09. The summed E-state index contributed by atoms with van der Waals surface area (Å²) in [6.45, 7) is 1.72. The largest absolute Gasteiger partial charge is 0.493 e. The number of hydrogen-bond acceptors (Lipinski definition) is 3. The van der Waals surface area contributed by atoms with Crippen LogP contribution >= 0.6 is 22.6 Å². The minimum atomic E-state index is -3.38. The maximum atomic E-state index is 12.4. The molecule has 1 aromatic rings. The van der Waals surface area contributed by atoms with Gasteiger partial charge in [0.2, 0.25) is 9.84 Å². The fourth-order valence-electron chi connectivity index (χ4n) is 1.83. The molecule has 0 aromatic heterocycles. The Bertz CT molecular complexity index is 534. The predicted octanol–water partition coefficient (Wildman–Crippen LogP) is 2.92. The van der Waals surface area contributed by atoms with E-state index in [2.05, 4.69) is 22.6 Å². The van der Waals surface area contributed by atoms with Gasteiger partial charge in [-0.25, -0.2) is 8.42 Å². The first-order valence-corrected chi connectivity index (χ1v) is 8.29. The summed E-state index contributed by atoms with van der Waals surface area (Å²) in [6.07, 6.45) is 0.468. The molecule has 1 unspecified atom stereocenters. The lowest BCUT2D eigenvalue weighted by atomic mass is 10.3. The number of alkyl halides is 1. The second-order valence-electron chi connectivity index (χ2n) is 3.89. The third kappa shape index (κ3) is 2.49. The van der Waals surface area contributed by atoms with Gasteiger partial charge in [0.05, 0.1) is 9.80 Å². The number of sulfone groups is 1. The Balaban J connectivity index is 2.39. The summed E-state index contributed by atoms with van der Waals surface area (Å²) in [5, 5.41) is 0. The molecule has 0 aliphatic carbocycles. The van der Waals surface area contributed by atoms with Crippen molar-refractivity contribution < 1.29 is 13.2 Å². The van der Waals surface area contributed by atoms with Crippen molar-refractivity contribution in [2.24, 2.45) is 0 Å². The van der Waals surface area contributed by atoms with E-state index in [0.29, 0.717) is 22.0 Å². The Kier molecular flexibility index (Phi) is 3.77. The van der Waals surface area contributed by atoms with Crippen LogP contribution in [0, 0.1) is 0 Å². The molecule has 1 heterocycles. The monoisotopic (exact) mass is 364 g/mol. The molecule has 92 valence electrons. The standard InChI is InChI=1S/C12H13IO3S/c1-9-12(7-10(8-13)16-9)17(14,15)11-5-3-2-4-6-11/h2-6,10H,7-8H2,1H3. The molecule has 0 fully saturated rings. The van der Waals surface area contributed by atoms with Crippen molar-refractivity contribution in [1.29, 1.82) is 0 Å². The minimum Gasteiger partial charge on any atom is -0.493 e. The molecule has 2 rings (SSSR count). The van der Waals surface area contributed by atoms with Crippen LogP contribution in [0.4, 0.5) is 0 Å². The normalized spacial score (nSPS) is 20.5. The Labute approximate surface area is 115 Å². The Morgan fingerprint density at radius 1 is 1.35 bits per heavy atom. The Hall–Kier alpha value is -0.560. The maximum Gasteiger partial charge on any atom is 0.206 e. The van der Waals surface area contributed by atoms with Crippen LogP contribution in [0.3, 0.4) is 0 Å². The second kappa shape index (κ2) is 4.97. The highest BCUT2D eigenvalue weighted by Gasteiger charge is 2.32. The zero-order valence-electron chi connectivity index (χ0n) is 9.39. The van der Waals surface area contributed by atoms with E-state index in [0.717, 1.165) is 4.43 Å². The molecule has 1 aliphatic rings. The van der Waals surface area contributed by atoms with Gasteiger partial charge in [-0.3, -0.25) is 0 Å². The molecular weight excluding hydrogens is 351 g/mol. The molecule has 0 bridgehead atoms. The molecule has 1 aromatic carbocycles. The Morgan fingerprint density at radius 3 is 2.53 bits per heavy atom. The van der Waals surface area contributed by atoms with Crippen molar-refractivity contribution in [1.82, 2.24) is 0 Å². The van der Waals surface area contributed by atoms with Gasteiger partial charge in [-0.05, 0) is 19.1 Å². The first-order chi connectivity index (χ1) is 8.05. The molecule has 3 nitrogen and oxygen atoms in total. The van der Waals surface area contributed by atoms with Gasteiger partial charge in [0, 0.05) is 10.8 Å². The van der Waals surface area contributed by atoms with E-state index in [1.54, 1.807) is 37.3 Å². The summed E-state index contributed by atoms with van der Waals surface area (Å²) in [5.74, 6) is 0.538. The van der Waals surface area contributed by atoms with E-state index in [4.69, 9.17) is 4.74 Å². The van der Waals surface area contributed by atoms with E-state index in [1.807, 2.05) is 0 Å². The van der Waals surface area contributed by atoms with Crippen LogP contribution in [0.5, 0.6) is 0 Å². The highest BCUT2D eigenvalue weighted by molar-refractivity contribution is 14.1. The molecule has 5 heteroatoms. The van der Waals surface area contributed by atoms with E-state index >= 15 is 0 Å². The Morgan fingerprint density at radius 2 is 2.00 bits per heavy atom. The average molecular weight is 364 g/mol. The van der Waals surface area contributed by atoms with Crippen LogP contribution in [0.2, 0.25) is 0 Å². The summed E-state index contributed by atoms with van der Waals surface area (Å²) in [4.78, 5) is 0.762. The number of rotatable bonds is 3. The number of halogens is 1. The molecular formula is C12H13IO3S. The van der Waals surface area contributed by atoms with Gasteiger partial charge < -0.3 is 4.74 Å². The highest BCUT2D eigenvalue weighted by Crippen LogP contribution is 2.33. The highest BCUT2D eigenvalue weighted by atomic mass is 127. The maximum absolute atomic E-state index is 12.4. The quantitative estimate of drug-likeness (QED) is 0.612. The number of hydrogen-bond donors (Lipinski definition) is 0. The molecule has 0 amide bonds. The van der Waals surface area contributed by atoms with Crippen LogP contribution in [0.1, 0.15) is 13.3 Å². The van der Waals surface area contributed by atoms with E-state index in [1.165, 1.54) is 0 Å². The first-order valence-electron chi connectivity index (χ1n) is 5.28. The van der Waals surface area contributed by atoms with Crippen molar-refractivity contribution in [2.75, 3.05) is 4.43 Å². The lowest BCUT2D eigenvalue weighted by molar-refractivity contribution is 0.168. The summed E-state index contributed by atoms with van der Waals surface area (Å²) in [5.41, 5.74) is 0. The second-order valence-corrected chi connectivity index (χ2v) is 6.75. The van der Waals surface area contributed by atoms with Gasteiger partial charge in [0.15, 0.2) is 0 Å². The average Bonchev–Trinajstić information content (AvgIpc) is 2.72. The number of benzene rings is 1. The van der Waals surface area contributed by atoms with Crippen LogP contribution in [0.15, 0.2) is 45.9 Å². The van der Waals surface area contributed by atoms with Gasteiger partial charge in [-0.1, -0.05) is 40.8 Å². The molecule has 0 radical (unpaired) electrons. The van der Waals surface area contributed by atoms with Crippen molar-refractivity contribution >= 4 is 32.4 Å². The van der Waals surface area contributed by atoms with Gasteiger partial charge in [-0.2, -0.15) is 0 Å². The van der Waals surface area contributed by atoms with Gasteiger partial charge in [0.25, 0.3) is 0 Å². The van der Waals surface area contributed by atoms with Crippen LogP contribution in [0.25, 0.3) is 0 Å². The summed E-state index contributed by atoms with van der Waals surface area (Å²) < 4.78 is 31.1. The number of allylic oxidation sites excluding steroid dienone is 1.